The number of nitrogens with zero attached hydrogens (tertiary/aromatic N) is 4. The molecule has 0 bridgehead atoms. The molecule has 0 amide bonds. The number of hydrogen-bond acceptors (Lipinski definition) is 2. The molecular weight excluding hydrogens is 553 g/mol. The van der Waals surface area contributed by atoms with E-state index in [0.29, 0.717) is 12.1 Å². The molecule has 0 aliphatic carbocycles. The molecule has 0 fully saturated rings. The largest absolute Gasteiger partial charge is 0.243 e. The fourth-order valence-corrected chi connectivity index (χ4v) is 8.25. The average Bonchev–Trinajstić information content (AvgIpc) is 3.62. The van der Waals surface area contributed by atoms with Gasteiger partial charge < -0.3 is 0 Å². The standard InChI is InChI=1S/C36H68N4S2/c1-5-7-9-11-13-15-17-19-23-35(39-27-25-37(3)33-39)31-41-29-21-22-30-42-32-36(40-28-26-38(4)34-40)24-20-18-16-14-12-10-8-6-2/h25-28,33-36H,5-24,29-32H2,1-4H3/q+2. The Kier molecular flexibility index (Phi) is 22.6. The number of rotatable bonds is 29. The SMILES string of the molecule is CCCCCCCCCCC(CSCCCCSCC(CCCCCCCCCC)n1cc[n+](C)c1)n1cc[n+](C)c1. The molecule has 2 unspecified atom stereocenters. The summed E-state index contributed by atoms with van der Waals surface area (Å²) < 4.78 is 9.33. The van der Waals surface area contributed by atoms with Gasteiger partial charge in [-0.25, -0.2) is 18.3 Å². The molecule has 0 N–H and O–H groups in total. The van der Waals surface area contributed by atoms with Gasteiger partial charge in [0.1, 0.15) is 36.9 Å². The van der Waals surface area contributed by atoms with Gasteiger partial charge >= 0.3 is 0 Å². The summed E-state index contributed by atoms with van der Waals surface area (Å²) >= 11 is 4.36. The second kappa shape index (κ2) is 25.4. The highest BCUT2D eigenvalue weighted by Crippen LogP contribution is 2.24. The summed E-state index contributed by atoms with van der Waals surface area (Å²) in [5, 5.41) is 0. The van der Waals surface area contributed by atoms with Gasteiger partial charge in [-0.1, -0.05) is 104 Å². The topological polar surface area (TPSA) is 17.6 Å². The van der Waals surface area contributed by atoms with E-state index in [1.165, 1.54) is 151 Å². The number of aryl methyl sites for hydroxylation is 2. The Morgan fingerprint density at radius 2 is 0.857 bits per heavy atom. The molecular formula is C36H68N4S2+2. The van der Waals surface area contributed by atoms with E-state index in [1.807, 2.05) is 0 Å². The molecule has 42 heavy (non-hydrogen) atoms. The van der Waals surface area contributed by atoms with Crippen LogP contribution in [0.2, 0.25) is 0 Å². The zero-order valence-electron chi connectivity index (χ0n) is 28.2. The van der Waals surface area contributed by atoms with E-state index < -0.39 is 0 Å². The molecule has 2 heterocycles. The highest BCUT2D eigenvalue weighted by Gasteiger charge is 2.17. The second-order valence-electron chi connectivity index (χ2n) is 12.7. The molecule has 0 saturated heterocycles. The highest BCUT2D eigenvalue weighted by molar-refractivity contribution is 7.99. The van der Waals surface area contributed by atoms with Gasteiger partial charge in [0.15, 0.2) is 0 Å². The molecule has 0 radical (unpaired) electrons. The lowest BCUT2D eigenvalue weighted by atomic mass is 10.1. The van der Waals surface area contributed by atoms with Crippen LogP contribution in [0, 0.1) is 0 Å². The van der Waals surface area contributed by atoms with Gasteiger partial charge in [-0.3, -0.25) is 0 Å². The van der Waals surface area contributed by atoms with Crippen LogP contribution in [0.4, 0.5) is 0 Å². The Hall–Kier alpha value is -0.880. The normalized spacial score (nSPS) is 13.1. The molecule has 2 aromatic heterocycles. The van der Waals surface area contributed by atoms with Crippen LogP contribution >= 0.6 is 23.5 Å². The third-order valence-electron chi connectivity index (χ3n) is 8.65. The van der Waals surface area contributed by atoms with Crippen LogP contribution in [0.1, 0.15) is 154 Å². The van der Waals surface area contributed by atoms with Crippen molar-refractivity contribution in [2.24, 2.45) is 14.1 Å². The minimum absolute atomic E-state index is 0.644. The maximum atomic E-state index is 2.47. The van der Waals surface area contributed by atoms with Crippen LogP contribution in [-0.4, -0.2) is 32.1 Å². The first-order valence-corrected chi connectivity index (χ1v) is 20.2. The molecule has 2 atom stereocenters. The second-order valence-corrected chi connectivity index (χ2v) is 15.0. The van der Waals surface area contributed by atoms with E-state index in [-0.39, 0.29) is 0 Å². The zero-order chi connectivity index (χ0) is 30.1. The van der Waals surface area contributed by atoms with Crippen molar-refractivity contribution in [2.45, 2.75) is 154 Å². The molecule has 2 aromatic rings. The summed E-state index contributed by atoms with van der Waals surface area (Å²) in [6, 6.07) is 1.29. The Morgan fingerprint density at radius 3 is 1.19 bits per heavy atom. The lowest BCUT2D eigenvalue weighted by molar-refractivity contribution is -0.671. The van der Waals surface area contributed by atoms with Crippen LogP contribution in [0.15, 0.2) is 37.4 Å². The molecule has 242 valence electrons. The number of aromatic nitrogens is 4. The predicted octanol–water partition coefficient (Wildman–Crippen LogP) is 10.0. The third-order valence-corrected chi connectivity index (χ3v) is 11.0. The van der Waals surface area contributed by atoms with Gasteiger partial charge in [-0.2, -0.15) is 23.5 Å². The zero-order valence-corrected chi connectivity index (χ0v) is 29.8. The van der Waals surface area contributed by atoms with Crippen molar-refractivity contribution in [1.82, 2.24) is 9.13 Å². The van der Waals surface area contributed by atoms with E-state index in [9.17, 15) is 0 Å². The monoisotopic (exact) mass is 620 g/mol. The van der Waals surface area contributed by atoms with Crippen molar-refractivity contribution in [1.29, 1.82) is 0 Å². The maximum absolute atomic E-state index is 2.47. The van der Waals surface area contributed by atoms with Crippen molar-refractivity contribution in [3.63, 3.8) is 0 Å². The van der Waals surface area contributed by atoms with E-state index in [1.54, 1.807) is 0 Å². The minimum atomic E-state index is 0.644. The van der Waals surface area contributed by atoms with Crippen molar-refractivity contribution >= 4 is 23.5 Å². The van der Waals surface area contributed by atoms with Gasteiger partial charge in [0.05, 0.1) is 14.1 Å². The molecule has 0 spiro atoms. The van der Waals surface area contributed by atoms with E-state index >= 15 is 0 Å². The lowest BCUT2D eigenvalue weighted by Crippen LogP contribution is -2.24. The number of thioether (sulfide) groups is 2. The predicted molar refractivity (Wildman–Crippen MR) is 188 cm³/mol. The Balaban J connectivity index is 1.59. The van der Waals surface area contributed by atoms with Crippen LogP contribution in [0.5, 0.6) is 0 Å². The van der Waals surface area contributed by atoms with Crippen molar-refractivity contribution in [3.8, 4) is 0 Å². The molecule has 6 heteroatoms. The summed E-state index contributed by atoms with van der Waals surface area (Å²) in [7, 11) is 4.29. The number of unbranched alkanes of at least 4 members (excludes halogenated alkanes) is 15. The quantitative estimate of drug-likeness (QED) is 0.0665. The number of imidazole rings is 2. The van der Waals surface area contributed by atoms with Crippen LogP contribution in [0.3, 0.4) is 0 Å². The van der Waals surface area contributed by atoms with E-state index in [4.69, 9.17) is 0 Å². The summed E-state index contributed by atoms with van der Waals surface area (Å²) in [5.74, 6) is 5.11. The Labute approximate surface area is 269 Å². The molecule has 2 rings (SSSR count). The first-order chi connectivity index (χ1) is 20.6. The van der Waals surface area contributed by atoms with Crippen molar-refractivity contribution in [2.75, 3.05) is 23.0 Å². The minimum Gasteiger partial charge on any atom is -0.240 e. The molecule has 4 nitrogen and oxygen atoms in total. The fraction of sp³-hybridized carbons (Fsp3) is 0.833. The summed E-state index contributed by atoms with van der Waals surface area (Å²) in [4.78, 5) is 0. The molecule has 0 aliphatic heterocycles. The highest BCUT2D eigenvalue weighted by atomic mass is 32.2. The summed E-state index contributed by atoms with van der Waals surface area (Å²) in [6.07, 6.45) is 41.3. The summed E-state index contributed by atoms with van der Waals surface area (Å²) in [5.41, 5.74) is 0. The molecule has 0 aromatic carbocycles. The van der Waals surface area contributed by atoms with Gasteiger partial charge in [-0.05, 0) is 50.0 Å². The van der Waals surface area contributed by atoms with Crippen LogP contribution in [-0.2, 0) is 14.1 Å². The molecule has 0 saturated carbocycles. The van der Waals surface area contributed by atoms with Gasteiger partial charge in [0.2, 0.25) is 12.7 Å². The van der Waals surface area contributed by atoms with Gasteiger partial charge in [0.25, 0.3) is 0 Å². The van der Waals surface area contributed by atoms with Crippen molar-refractivity contribution in [3.05, 3.63) is 37.4 Å². The number of hydrogen-bond donors (Lipinski definition) is 0. The molecule has 0 aliphatic rings. The van der Waals surface area contributed by atoms with E-state index in [0.717, 1.165) is 0 Å². The maximum Gasteiger partial charge on any atom is 0.243 e. The van der Waals surface area contributed by atoms with E-state index in [2.05, 4.69) is 107 Å². The lowest BCUT2D eigenvalue weighted by Gasteiger charge is -2.14. The fourth-order valence-electron chi connectivity index (χ4n) is 5.88. The van der Waals surface area contributed by atoms with Gasteiger partial charge in [-0.15, -0.1) is 0 Å². The Morgan fingerprint density at radius 1 is 0.500 bits per heavy atom. The third kappa shape index (κ3) is 18.0. The average molecular weight is 621 g/mol. The van der Waals surface area contributed by atoms with Crippen LogP contribution < -0.4 is 9.13 Å². The first kappa shape index (κ1) is 37.3. The van der Waals surface area contributed by atoms with Crippen LogP contribution in [0.25, 0.3) is 0 Å². The summed E-state index contributed by atoms with van der Waals surface area (Å²) in [6.45, 7) is 4.61. The Bertz CT molecular complexity index is 794. The first-order valence-electron chi connectivity index (χ1n) is 17.8. The van der Waals surface area contributed by atoms with Crippen molar-refractivity contribution < 1.29 is 9.13 Å². The smallest absolute Gasteiger partial charge is 0.240 e. The van der Waals surface area contributed by atoms with Gasteiger partial charge in [0, 0.05) is 11.5 Å².